The normalized spacial score (nSPS) is 27.6. The Labute approximate surface area is 123 Å². The van der Waals surface area contributed by atoms with Crippen molar-refractivity contribution >= 4 is 5.97 Å². The van der Waals surface area contributed by atoms with Crippen molar-refractivity contribution in [3.05, 3.63) is 0 Å². The van der Waals surface area contributed by atoms with Crippen molar-refractivity contribution in [1.29, 1.82) is 0 Å². The largest absolute Gasteiger partial charge is 0.458 e. The summed E-state index contributed by atoms with van der Waals surface area (Å²) in [6.07, 6.45) is 3.46. The summed E-state index contributed by atoms with van der Waals surface area (Å²) in [5.41, 5.74) is 0. The average molecular weight is 286 g/mol. The highest BCUT2D eigenvalue weighted by atomic mass is 16.5. The van der Waals surface area contributed by atoms with E-state index in [9.17, 15) is 4.79 Å². The van der Waals surface area contributed by atoms with Gasteiger partial charge in [0, 0.05) is 0 Å². The lowest BCUT2D eigenvalue weighted by molar-refractivity contribution is -0.883. The van der Waals surface area contributed by atoms with Gasteiger partial charge in [-0.1, -0.05) is 27.2 Å². The molecule has 20 heavy (non-hydrogen) atoms. The standard InChI is InChI=1S/C16H32NO3/c1-12(2)14-7-6-13(3)10-15(14)20-16(19)11-17(4,5)8-9-18/h12-15,18H,6-11H2,1-5H3/q+1. The number of hydrogen-bond donors (Lipinski definition) is 1. The number of aliphatic hydroxyl groups is 1. The lowest BCUT2D eigenvalue weighted by Gasteiger charge is -2.37. The highest BCUT2D eigenvalue weighted by molar-refractivity contribution is 5.70. The van der Waals surface area contributed by atoms with E-state index in [4.69, 9.17) is 9.84 Å². The molecule has 0 amide bonds. The monoisotopic (exact) mass is 286 g/mol. The maximum atomic E-state index is 12.2. The number of ether oxygens (including phenoxy) is 1. The fourth-order valence-electron chi connectivity index (χ4n) is 3.16. The van der Waals surface area contributed by atoms with E-state index >= 15 is 0 Å². The second kappa shape index (κ2) is 7.41. The highest BCUT2D eigenvalue weighted by Crippen LogP contribution is 2.35. The summed E-state index contributed by atoms with van der Waals surface area (Å²) in [5.74, 6) is 1.56. The Hall–Kier alpha value is -0.610. The maximum Gasteiger partial charge on any atom is 0.362 e. The van der Waals surface area contributed by atoms with Crippen LogP contribution in [0.4, 0.5) is 0 Å². The van der Waals surface area contributed by atoms with Crippen LogP contribution in [0.2, 0.25) is 0 Å². The number of nitrogens with zero attached hydrogens (tertiary/aromatic N) is 1. The highest BCUT2D eigenvalue weighted by Gasteiger charge is 2.34. The number of carbonyl (C=O) groups is 1. The minimum absolute atomic E-state index is 0.0698. The summed E-state index contributed by atoms with van der Waals surface area (Å²) in [5, 5.41) is 9.02. The van der Waals surface area contributed by atoms with E-state index in [1.807, 2.05) is 14.1 Å². The number of likely N-dealkylation sites (N-methyl/N-ethyl adjacent to an activating group) is 1. The van der Waals surface area contributed by atoms with Crippen molar-refractivity contribution in [1.82, 2.24) is 0 Å². The number of carbonyl (C=O) groups excluding carboxylic acids is 1. The molecule has 0 heterocycles. The fraction of sp³-hybridized carbons (Fsp3) is 0.938. The third kappa shape index (κ3) is 5.41. The molecule has 4 heteroatoms. The number of rotatable bonds is 6. The molecule has 118 valence electrons. The van der Waals surface area contributed by atoms with Crippen LogP contribution < -0.4 is 0 Å². The van der Waals surface area contributed by atoms with Gasteiger partial charge in [0.1, 0.15) is 12.6 Å². The molecule has 4 nitrogen and oxygen atoms in total. The molecule has 0 aliphatic heterocycles. The van der Waals surface area contributed by atoms with Crippen LogP contribution >= 0.6 is 0 Å². The van der Waals surface area contributed by atoms with Gasteiger partial charge >= 0.3 is 5.97 Å². The molecule has 3 unspecified atom stereocenters. The Morgan fingerprint density at radius 3 is 2.55 bits per heavy atom. The SMILES string of the molecule is CC1CCC(C(C)C)C(OC(=O)C[N+](C)(C)CCO)C1. The number of hydrogen-bond acceptors (Lipinski definition) is 3. The molecular weight excluding hydrogens is 254 g/mol. The maximum absolute atomic E-state index is 12.2. The van der Waals surface area contributed by atoms with E-state index in [1.54, 1.807) is 0 Å². The summed E-state index contributed by atoms with van der Waals surface area (Å²) in [6.45, 7) is 7.67. The van der Waals surface area contributed by atoms with E-state index in [2.05, 4.69) is 20.8 Å². The molecule has 0 radical (unpaired) electrons. The van der Waals surface area contributed by atoms with Gasteiger partial charge in [-0.2, -0.15) is 0 Å². The zero-order valence-electron chi connectivity index (χ0n) is 13.8. The van der Waals surface area contributed by atoms with Crippen molar-refractivity contribution < 1.29 is 19.1 Å². The van der Waals surface area contributed by atoms with Gasteiger partial charge in [-0.3, -0.25) is 0 Å². The first kappa shape index (κ1) is 17.4. The molecule has 0 aromatic heterocycles. The Morgan fingerprint density at radius 1 is 1.35 bits per heavy atom. The minimum Gasteiger partial charge on any atom is -0.458 e. The smallest absolute Gasteiger partial charge is 0.362 e. The van der Waals surface area contributed by atoms with Crippen molar-refractivity contribution in [3.63, 3.8) is 0 Å². The van der Waals surface area contributed by atoms with Crippen LogP contribution in [0.25, 0.3) is 0 Å². The lowest BCUT2D eigenvalue weighted by atomic mass is 9.75. The van der Waals surface area contributed by atoms with E-state index < -0.39 is 0 Å². The summed E-state index contributed by atoms with van der Waals surface area (Å²) in [7, 11) is 3.89. The molecule has 0 aromatic rings. The van der Waals surface area contributed by atoms with Gasteiger partial charge in [0.25, 0.3) is 0 Å². The zero-order chi connectivity index (χ0) is 15.3. The van der Waals surface area contributed by atoms with E-state index in [0.29, 0.717) is 35.3 Å². The van der Waals surface area contributed by atoms with Gasteiger partial charge in [-0.25, -0.2) is 4.79 Å². The number of esters is 1. The minimum atomic E-state index is -0.131. The van der Waals surface area contributed by atoms with Crippen LogP contribution in [0, 0.1) is 17.8 Å². The first-order chi connectivity index (χ1) is 9.25. The summed E-state index contributed by atoms with van der Waals surface area (Å²) in [6, 6.07) is 0. The Balaban J connectivity index is 2.57. The first-order valence-corrected chi connectivity index (χ1v) is 7.87. The molecule has 1 fully saturated rings. The molecule has 1 aliphatic rings. The number of aliphatic hydroxyl groups excluding tert-OH is 1. The molecule has 0 saturated heterocycles. The molecule has 1 saturated carbocycles. The van der Waals surface area contributed by atoms with Crippen LogP contribution in [-0.4, -0.2) is 55.5 Å². The zero-order valence-corrected chi connectivity index (χ0v) is 13.8. The van der Waals surface area contributed by atoms with Crippen LogP contribution in [0.3, 0.4) is 0 Å². The molecule has 1 rings (SSSR count). The van der Waals surface area contributed by atoms with Gasteiger partial charge in [-0.15, -0.1) is 0 Å². The van der Waals surface area contributed by atoms with Crippen molar-refractivity contribution in [2.45, 2.75) is 46.1 Å². The van der Waals surface area contributed by atoms with Gasteiger partial charge in [-0.05, 0) is 30.6 Å². The number of quaternary nitrogens is 1. The predicted octanol–water partition coefficient (Wildman–Crippen LogP) is 2.06. The van der Waals surface area contributed by atoms with Crippen molar-refractivity contribution in [3.8, 4) is 0 Å². The fourth-order valence-corrected chi connectivity index (χ4v) is 3.16. The third-order valence-electron chi connectivity index (χ3n) is 4.51. The van der Waals surface area contributed by atoms with E-state index in [1.165, 1.54) is 6.42 Å². The Kier molecular flexibility index (Phi) is 6.46. The molecular formula is C16H32NO3+. The molecule has 0 bridgehead atoms. The van der Waals surface area contributed by atoms with Gasteiger partial charge in [0.15, 0.2) is 6.54 Å². The second-order valence-electron chi connectivity index (χ2n) is 7.40. The Bertz CT molecular complexity index is 315. The average Bonchev–Trinajstić information content (AvgIpc) is 2.26. The molecule has 0 aromatic carbocycles. The van der Waals surface area contributed by atoms with Crippen molar-refractivity contribution in [2.24, 2.45) is 17.8 Å². The van der Waals surface area contributed by atoms with E-state index in [-0.39, 0.29) is 18.7 Å². The topological polar surface area (TPSA) is 46.5 Å². The molecule has 0 spiro atoms. The van der Waals surface area contributed by atoms with Gasteiger partial charge in [0.2, 0.25) is 0 Å². The van der Waals surface area contributed by atoms with Crippen LogP contribution in [-0.2, 0) is 9.53 Å². The third-order valence-corrected chi connectivity index (χ3v) is 4.51. The lowest BCUT2D eigenvalue weighted by Crippen LogP contribution is -2.47. The summed E-state index contributed by atoms with van der Waals surface area (Å²) in [4.78, 5) is 12.2. The van der Waals surface area contributed by atoms with Crippen LogP contribution in [0.5, 0.6) is 0 Å². The van der Waals surface area contributed by atoms with Crippen molar-refractivity contribution in [2.75, 3.05) is 33.8 Å². The summed E-state index contributed by atoms with van der Waals surface area (Å²) < 4.78 is 6.26. The summed E-state index contributed by atoms with van der Waals surface area (Å²) >= 11 is 0. The predicted molar refractivity (Wildman–Crippen MR) is 80.2 cm³/mol. The van der Waals surface area contributed by atoms with Crippen LogP contribution in [0.1, 0.15) is 40.0 Å². The van der Waals surface area contributed by atoms with Crippen LogP contribution in [0.15, 0.2) is 0 Å². The first-order valence-electron chi connectivity index (χ1n) is 7.87. The second-order valence-corrected chi connectivity index (χ2v) is 7.40. The quantitative estimate of drug-likeness (QED) is 0.600. The van der Waals surface area contributed by atoms with E-state index in [0.717, 1.165) is 12.8 Å². The Morgan fingerprint density at radius 2 is 2.00 bits per heavy atom. The molecule has 1 aliphatic carbocycles. The molecule has 3 atom stereocenters. The van der Waals surface area contributed by atoms with Gasteiger partial charge in [0.05, 0.1) is 20.7 Å². The van der Waals surface area contributed by atoms with Gasteiger partial charge < -0.3 is 14.3 Å². The molecule has 1 N–H and O–H groups in total.